The fraction of sp³-hybridized carbons (Fsp3) is 0.100. The van der Waals surface area contributed by atoms with E-state index in [-0.39, 0.29) is 4.31 Å². The van der Waals surface area contributed by atoms with Gasteiger partial charge in [0.25, 0.3) is 0 Å². The molecule has 3 aliphatic rings. The number of hydrogen-bond donors (Lipinski definition) is 0. The molecule has 0 atom stereocenters. The third-order valence-electron chi connectivity index (χ3n) is 4.95. The molecule has 0 saturated carbocycles. The van der Waals surface area contributed by atoms with Crippen LogP contribution in [0.25, 0.3) is 0 Å². The molecular formula is C20H13Se. The van der Waals surface area contributed by atoms with Crippen molar-refractivity contribution in [2.75, 3.05) is 0 Å². The molecule has 1 radical (unpaired) electrons. The average molecular weight is 332 g/mol. The number of rotatable bonds is 0. The summed E-state index contributed by atoms with van der Waals surface area (Å²) in [6.45, 7) is 0. The molecular weight excluding hydrogens is 319 g/mol. The van der Waals surface area contributed by atoms with E-state index < -0.39 is 0 Å². The van der Waals surface area contributed by atoms with E-state index in [9.17, 15) is 0 Å². The van der Waals surface area contributed by atoms with Crippen molar-refractivity contribution < 1.29 is 0 Å². The van der Waals surface area contributed by atoms with Gasteiger partial charge < -0.3 is 0 Å². The molecule has 99 valence electrons. The SMILES string of the molecule is [Se]C12c3ccccc3C(c3ccccc31)c1ccccc12. The van der Waals surface area contributed by atoms with E-state index >= 15 is 0 Å². The molecule has 0 fully saturated rings. The first-order valence-electron chi connectivity index (χ1n) is 7.30. The zero-order valence-corrected chi connectivity index (χ0v) is 13.1. The summed E-state index contributed by atoms with van der Waals surface area (Å²) in [5.74, 6) is 0.379. The minimum absolute atomic E-state index is 0.140. The van der Waals surface area contributed by atoms with E-state index in [0.29, 0.717) is 5.92 Å². The summed E-state index contributed by atoms with van der Waals surface area (Å²) in [5.41, 5.74) is 8.63. The Morgan fingerprint density at radius 1 is 0.571 bits per heavy atom. The van der Waals surface area contributed by atoms with Gasteiger partial charge in [-0.25, -0.2) is 0 Å². The van der Waals surface area contributed by atoms with Crippen LogP contribution in [0.3, 0.4) is 0 Å². The second-order valence-corrected chi connectivity index (χ2v) is 7.16. The molecule has 0 saturated heterocycles. The first kappa shape index (κ1) is 11.8. The molecule has 2 bridgehead atoms. The average Bonchev–Trinajstić information content (AvgIpc) is 2.56. The summed E-state index contributed by atoms with van der Waals surface area (Å²) >= 11 is 3.55. The number of hydrogen-bond acceptors (Lipinski definition) is 0. The van der Waals surface area contributed by atoms with Crippen molar-refractivity contribution in [2.24, 2.45) is 0 Å². The Balaban J connectivity index is 2.00. The molecule has 6 rings (SSSR count). The first-order chi connectivity index (χ1) is 10.3. The third-order valence-corrected chi connectivity index (χ3v) is 6.34. The predicted octanol–water partition coefficient (Wildman–Crippen LogP) is 3.95. The van der Waals surface area contributed by atoms with Gasteiger partial charge in [-0.15, -0.1) is 0 Å². The standard InChI is InChI=1S/C20H13Se/c21-20-16-10-4-1-7-13(16)19(14-8-2-5-11-17(14)20)15-9-3-6-12-18(15)20/h1-12,19H. The van der Waals surface area contributed by atoms with Gasteiger partial charge in [0, 0.05) is 0 Å². The van der Waals surface area contributed by atoms with Gasteiger partial charge in [0.15, 0.2) is 0 Å². The van der Waals surface area contributed by atoms with Gasteiger partial charge in [0.2, 0.25) is 0 Å². The molecule has 0 nitrogen and oxygen atoms in total. The predicted molar refractivity (Wildman–Crippen MR) is 85.9 cm³/mol. The monoisotopic (exact) mass is 333 g/mol. The van der Waals surface area contributed by atoms with Crippen molar-refractivity contribution in [3.8, 4) is 0 Å². The molecule has 0 amide bonds. The van der Waals surface area contributed by atoms with Crippen LogP contribution in [0, 0.1) is 0 Å². The van der Waals surface area contributed by atoms with E-state index in [1.165, 1.54) is 33.4 Å². The molecule has 0 aliphatic heterocycles. The third kappa shape index (κ3) is 1.27. The Morgan fingerprint density at radius 2 is 0.905 bits per heavy atom. The maximum absolute atomic E-state index is 3.55. The molecule has 3 aromatic carbocycles. The summed E-state index contributed by atoms with van der Waals surface area (Å²) in [7, 11) is 0. The maximum atomic E-state index is 3.55. The van der Waals surface area contributed by atoms with Crippen LogP contribution in [-0.2, 0) is 4.31 Å². The van der Waals surface area contributed by atoms with Gasteiger partial charge in [-0.2, -0.15) is 0 Å². The minimum atomic E-state index is -0.140. The van der Waals surface area contributed by atoms with Crippen LogP contribution in [0.4, 0.5) is 0 Å². The van der Waals surface area contributed by atoms with Crippen LogP contribution in [0.2, 0.25) is 0 Å². The molecule has 0 heterocycles. The van der Waals surface area contributed by atoms with Crippen molar-refractivity contribution in [2.45, 2.75) is 10.2 Å². The zero-order valence-electron chi connectivity index (χ0n) is 11.4. The van der Waals surface area contributed by atoms with Gasteiger partial charge >= 0.3 is 132 Å². The second kappa shape index (κ2) is 3.88. The summed E-state index contributed by atoms with van der Waals surface area (Å²) in [6.07, 6.45) is 0. The van der Waals surface area contributed by atoms with Crippen molar-refractivity contribution in [1.82, 2.24) is 0 Å². The zero-order chi connectivity index (χ0) is 14.0. The Morgan fingerprint density at radius 3 is 1.29 bits per heavy atom. The fourth-order valence-electron chi connectivity index (χ4n) is 4.15. The summed E-state index contributed by atoms with van der Waals surface area (Å²) in [4.78, 5) is 0. The van der Waals surface area contributed by atoms with Crippen LogP contribution in [0.1, 0.15) is 39.3 Å². The Hall–Kier alpha value is -1.82. The quantitative estimate of drug-likeness (QED) is 0.547. The van der Waals surface area contributed by atoms with Crippen LogP contribution in [0.15, 0.2) is 72.8 Å². The van der Waals surface area contributed by atoms with Crippen molar-refractivity contribution >= 4 is 16.0 Å². The Kier molecular flexibility index (Phi) is 2.18. The fourth-order valence-corrected chi connectivity index (χ4v) is 5.32. The Bertz CT molecular complexity index is 763. The topological polar surface area (TPSA) is 0 Å². The summed E-state index contributed by atoms with van der Waals surface area (Å²) in [6, 6.07) is 26.7. The van der Waals surface area contributed by atoms with Gasteiger partial charge in [-0.3, -0.25) is 0 Å². The second-order valence-electron chi connectivity index (χ2n) is 5.88. The van der Waals surface area contributed by atoms with Crippen molar-refractivity contribution in [1.29, 1.82) is 0 Å². The molecule has 0 aromatic heterocycles. The van der Waals surface area contributed by atoms with Crippen LogP contribution < -0.4 is 0 Å². The van der Waals surface area contributed by atoms with E-state index in [4.69, 9.17) is 0 Å². The molecule has 1 heteroatoms. The van der Waals surface area contributed by atoms with Gasteiger partial charge in [-0.05, 0) is 0 Å². The van der Waals surface area contributed by atoms with E-state index in [2.05, 4.69) is 88.8 Å². The van der Waals surface area contributed by atoms with E-state index in [1.54, 1.807) is 0 Å². The van der Waals surface area contributed by atoms with Crippen LogP contribution in [0.5, 0.6) is 0 Å². The normalized spacial score (nSPS) is 24.1. The molecule has 21 heavy (non-hydrogen) atoms. The van der Waals surface area contributed by atoms with Gasteiger partial charge in [0.1, 0.15) is 0 Å². The van der Waals surface area contributed by atoms with E-state index in [0.717, 1.165) is 0 Å². The first-order valence-corrected chi connectivity index (χ1v) is 8.16. The van der Waals surface area contributed by atoms with Crippen molar-refractivity contribution in [3.63, 3.8) is 0 Å². The van der Waals surface area contributed by atoms with Crippen LogP contribution in [-0.4, -0.2) is 16.0 Å². The van der Waals surface area contributed by atoms with E-state index in [1.807, 2.05) is 0 Å². The molecule has 3 aromatic rings. The summed E-state index contributed by atoms with van der Waals surface area (Å²) in [5, 5.41) is 0. The van der Waals surface area contributed by atoms with Gasteiger partial charge in [-0.1, -0.05) is 0 Å². The summed E-state index contributed by atoms with van der Waals surface area (Å²) < 4.78 is -0.140. The van der Waals surface area contributed by atoms with Crippen molar-refractivity contribution in [3.05, 3.63) is 106 Å². The van der Waals surface area contributed by atoms with Gasteiger partial charge in [0.05, 0.1) is 0 Å². The molecule has 3 aliphatic carbocycles. The number of benzene rings is 3. The molecule has 0 unspecified atom stereocenters. The molecule has 0 N–H and O–H groups in total. The molecule has 0 spiro atoms. The Labute approximate surface area is 132 Å². The van der Waals surface area contributed by atoms with Crippen LogP contribution >= 0.6 is 0 Å².